The molecule has 2 aromatic carbocycles. The first-order valence-electron chi connectivity index (χ1n) is 11.5. The summed E-state index contributed by atoms with van der Waals surface area (Å²) in [6, 6.07) is 16.9. The molecule has 2 aromatic rings. The van der Waals surface area contributed by atoms with Gasteiger partial charge in [0.1, 0.15) is 11.9 Å². The second-order valence-corrected chi connectivity index (χ2v) is 8.41. The summed E-state index contributed by atoms with van der Waals surface area (Å²) in [6.45, 7) is 6.60. The van der Waals surface area contributed by atoms with Crippen molar-refractivity contribution in [2.45, 2.75) is 38.8 Å². The Balaban J connectivity index is 1.28. The van der Waals surface area contributed by atoms with Crippen LogP contribution in [0.15, 0.2) is 53.5 Å². The highest BCUT2D eigenvalue weighted by Gasteiger charge is 2.22. The molecule has 2 aliphatic heterocycles. The van der Waals surface area contributed by atoms with Crippen molar-refractivity contribution in [1.29, 1.82) is 0 Å². The van der Waals surface area contributed by atoms with Crippen molar-refractivity contribution in [2.24, 2.45) is 10.9 Å². The van der Waals surface area contributed by atoms with Crippen LogP contribution < -0.4 is 20.3 Å². The number of fused-ring (bicyclic) bond motifs is 1. The van der Waals surface area contributed by atoms with Crippen molar-refractivity contribution >= 4 is 11.6 Å². The Labute approximate surface area is 185 Å². The van der Waals surface area contributed by atoms with Gasteiger partial charge in [-0.05, 0) is 55.0 Å². The molecular weight excluding hydrogens is 388 g/mol. The predicted octanol–water partition coefficient (Wildman–Crippen LogP) is 2.95. The van der Waals surface area contributed by atoms with E-state index in [0.29, 0.717) is 19.1 Å². The van der Waals surface area contributed by atoms with E-state index in [-0.39, 0.29) is 6.10 Å². The molecule has 2 heterocycles. The minimum atomic E-state index is 0.135. The van der Waals surface area contributed by atoms with Gasteiger partial charge in [-0.25, -0.2) is 4.99 Å². The number of hydrogen-bond acceptors (Lipinski definition) is 4. The van der Waals surface area contributed by atoms with E-state index < -0.39 is 0 Å². The number of guanidine groups is 1. The number of piperidine rings is 1. The minimum absolute atomic E-state index is 0.135. The van der Waals surface area contributed by atoms with Gasteiger partial charge in [-0.3, -0.25) is 0 Å². The lowest BCUT2D eigenvalue weighted by molar-refractivity contribution is 0.203. The molecule has 0 aliphatic carbocycles. The number of aliphatic imine (C=N–C) groups is 1. The molecule has 1 fully saturated rings. The molecule has 1 saturated heterocycles. The fourth-order valence-electron chi connectivity index (χ4n) is 4.28. The number of benzene rings is 2. The van der Waals surface area contributed by atoms with Crippen LogP contribution in [0.1, 0.15) is 30.9 Å². The smallest absolute Gasteiger partial charge is 0.191 e. The van der Waals surface area contributed by atoms with E-state index in [1.165, 1.54) is 16.8 Å². The molecule has 6 nitrogen and oxygen atoms in total. The number of rotatable bonds is 7. The molecule has 0 saturated carbocycles. The van der Waals surface area contributed by atoms with E-state index in [2.05, 4.69) is 58.9 Å². The van der Waals surface area contributed by atoms with E-state index in [9.17, 15) is 5.11 Å². The zero-order valence-corrected chi connectivity index (χ0v) is 18.4. The van der Waals surface area contributed by atoms with Gasteiger partial charge in [-0.1, -0.05) is 30.3 Å². The third kappa shape index (κ3) is 5.70. The molecule has 0 radical (unpaired) electrons. The third-order valence-electron chi connectivity index (χ3n) is 6.15. The number of para-hydroxylation sites is 1. The Hall–Kier alpha value is -2.73. The van der Waals surface area contributed by atoms with Crippen LogP contribution in [-0.2, 0) is 13.0 Å². The van der Waals surface area contributed by atoms with E-state index in [1.807, 2.05) is 12.1 Å². The number of aliphatic hydroxyl groups is 1. The number of ether oxygens (including phenoxy) is 1. The molecule has 1 unspecified atom stereocenters. The van der Waals surface area contributed by atoms with Crippen molar-refractivity contribution in [1.82, 2.24) is 10.6 Å². The average molecular weight is 423 g/mol. The molecule has 1 atom stereocenters. The molecule has 166 valence electrons. The Morgan fingerprint density at radius 1 is 1.10 bits per heavy atom. The molecular formula is C25H34N4O2. The second-order valence-electron chi connectivity index (χ2n) is 8.41. The maximum absolute atomic E-state index is 9.32. The SMILES string of the molecule is CCNC(=NCc1ccc(N2CCC(CO)CC2)cc1)NCC1Cc2ccccc2O1. The highest BCUT2D eigenvalue weighted by atomic mass is 16.5. The first-order chi connectivity index (χ1) is 15.2. The highest BCUT2D eigenvalue weighted by molar-refractivity contribution is 5.79. The molecule has 0 amide bonds. The predicted molar refractivity (Wildman–Crippen MR) is 126 cm³/mol. The van der Waals surface area contributed by atoms with Crippen LogP contribution in [0.3, 0.4) is 0 Å². The number of anilines is 1. The van der Waals surface area contributed by atoms with E-state index in [4.69, 9.17) is 9.73 Å². The van der Waals surface area contributed by atoms with Gasteiger partial charge in [0.05, 0.1) is 13.1 Å². The van der Waals surface area contributed by atoms with E-state index in [0.717, 1.165) is 57.2 Å². The van der Waals surface area contributed by atoms with Crippen LogP contribution in [0, 0.1) is 5.92 Å². The van der Waals surface area contributed by atoms with Gasteiger partial charge >= 0.3 is 0 Å². The first kappa shape index (κ1) is 21.5. The van der Waals surface area contributed by atoms with Gasteiger partial charge in [0.2, 0.25) is 0 Å². The normalized spacial score (nSPS) is 19.1. The van der Waals surface area contributed by atoms with Crippen molar-refractivity contribution in [3.8, 4) is 5.75 Å². The summed E-state index contributed by atoms with van der Waals surface area (Å²) in [7, 11) is 0. The number of nitrogens with one attached hydrogen (secondary N) is 2. The highest BCUT2D eigenvalue weighted by Crippen LogP contribution is 2.27. The fraction of sp³-hybridized carbons (Fsp3) is 0.480. The number of nitrogens with zero attached hydrogens (tertiary/aromatic N) is 2. The lowest BCUT2D eigenvalue weighted by atomic mass is 9.97. The van der Waals surface area contributed by atoms with Crippen molar-refractivity contribution in [3.63, 3.8) is 0 Å². The average Bonchev–Trinajstić information content (AvgIpc) is 3.24. The fourth-order valence-corrected chi connectivity index (χ4v) is 4.28. The van der Waals surface area contributed by atoms with Gasteiger partial charge in [0.15, 0.2) is 5.96 Å². The second kappa shape index (κ2) is 10.5. The summed E-state index contributed by atoms with van der Waals surface area (Å²) in [5.74, 6) is 2.28. The van der Waals surface area contributed by atoms with Crippen molar-refractivity contribution < 1.29 is 9.84 Å². The Morgan fingerprint density at radius 2 is 1.87 bits per heavy atom. The largest absolute Gasteiger partial charge is 0.488 e. The number of aliphatic hydroxyl groups excluding tert-OH is 1. The van der Waals surface area contributed by atoms with Crippen LogP contribution in [0.4, 0.5) is 5.69 Å². The minimum Gasteiger partial charge on any atom is -0.488 e. The summed E-state index contributed by atoms with van der Waals surface area (Å²) in [5.41, 5.74) is 3.72. The molecule has 4 rings (SSSR count). The summed E-state index contributed by atoms with van der Waals surface area (Å²) < 4.78 is 6.02. The van der Waals surface area contributed by atoms with E-state index >= 15 is 0 Å². The molecule has 3 N–H and O–H groups in total. The summed E-state index contributed by atoms with van der Waals surface area (Å²) >= 11 is 0. The Morgan fingerprint density at radius 3 is 2.58 bits per heavy atom. The molecule has 31 heavy (non-hydrogen) atoms. The van der Waals surface area contributed by atoms with Crippen LogP contribution in [0.25, 0.3) is 0 Å². The van der Waals surface area contributed by atoms with Crippen LogP contribution in [0.5, 0.6) is 5.75 Å². The van der Waals surface area contributed by atoms with Gasteiger partial charge in [-0.2, -0.15) is 0 Å². The van der Waals surface area contributed by atoms with Gasteiger partial charge < -0.3 is 25.4 Å². The maximum Gasteiger partial charge on any atom is 0.191 e. The number of hydrogen-bond donors (Lipinski definition) is 3. The van der Waals surface area contributed by atoms with E-state index in [1.54, 1.807) is 0 Å². The standard InChI is InChI=1S/C25H34N4O2/c1-2-26-25(28-17-23-15-21-5-3-4-6-24(21)31-23)27-16-19-7-9-22(10-8-19)29-13-11-20(18-30)12-14-29/h3-10,20,23,30H,2,11-18H2,1H3,(H2,26,27,28). The topological polar surface area (TPSA) is 69.1 Å². The molecule has 6 heteroatoms. The van der Waals surface area contributed by atoms with Gasteiger partial charge in [-0.15, -0.1) is 0 Å². The summed E-state index contributed by atoms with van der Waals surface area (Å²) in [6.07, 6.45) is 3.20. The third-order valence-corrected chi connectivity index (χ3v) is 6.15. The summed E-state index contributed by atoms with van der Waals surface area (Å²) in [4.78, 5) is 7.16. The van der Waals surface area contributed by atoms with Crippen LogP contribution in [-0.4, -0.2) is 50.0 Å². The zero-order chi connectivity index (χ0) is 21.5. The molecule has 2 aliphatic rings. The monoisotopic (exact) mass is 422 g/mol. The summed E-state index contributed by atoms with van der Waals surface area (Å²) in [5, 5.41) is 16.1. The quantitative estimate of drug-likeness (QED) is 0.473. The van der Waals surface area contributed by atoms with Gasteiger partial charge in [0.25, 0.3) is 0 Å². The van der Waals surface area contributed by atoms with Gasteiger partial charge in [0, 0.05) is 38.3 Å². The lowest BCUT2D eigenvalue weighted by Crippen LogP contribution is -2.42. The van der Waals surface area contributed by atoms with Crippen LogP contribution in [0.2, 0.25) is 0 Å². The molecule has 0 bridgehead atoms. The van der Waals surface area contributed by atoms with Crippen LogP contribution >= 0.6 is 0 Å². The molecule has 0 aromatic heterocycles. The Bertz CT molecular complexity index is 835. The molecule has 0 spiro atoms. The van der Waals surface area contributed by atoms with Crippen molar-refractivity contribution in [3.05, 3.63) is 59.7 Å². The van der Waals surface area contributed by atoms with Crippen molar-refractivity contribution in [2.75, 3.05) is 37.7 Å². The zero-order valence-electron chi connectivity index (χ0n) is 18.4. The lowest BCUT2D eigenvalue weighted by Gasteiger charge is -2.32. The Kier molecular flexibility index (Phi) is 7.30. The maximum atomic E-state index is 9.32. The first-order valence-corrected chi connectivity index (χ1v) is 11.5.